The van der Waals surface area contributed by atoms with E-state index >= 15 is 0 Å². The number of amides is 1. The molecule has 0 fully saturated rings. The number of carbonyl (C=O) groups is 1. The van der Waals surface area contributed by atoms with E-state index in [0.29, 0.717) is 22.9 Å². The van der Waals surface area contributed by atoms with Gasteiger partial charge in [-0.25, -0.2) is 5.43 Å². The fourth-order valence-corrected chi connectivity index (χ4v) is 1.98. The maximum Gasteiger partial charge on any atom is 0.417 e. The van der Waals surface area contributed by atoms with Crippen molar-refractivity contribution in [1.82, 2.24) is 9.99 Å². The molecule has 0 atom stereocenters. The van der Waals surface area contributed by atoms with E-state index in [4.69, 9.17) is 0 Å². The molecular formula is C16H12F5N3O3. The molecule has 0 bridgehead atoms. The van der Waals surface area contributed by atoms with Crippen LogP contribution in [-0.2, 0) is 17.5 Å². The van der Waals surface area contributed by atoms with Gasteiger partial charge in [-0.2, -0.15) is 27.1 Å². The zero-order chi connectivity index (χ0) is 20.0. The number of hydrazone groups is 1. The van der Waals surface area contributed by atoms with Crippen molar-refractivity contribution in [2.24, 2.45) is 5.10 Å². The van der Waals surface area contributed by atoms with Crippen molar-refractivity contribution in [3.8, 4) is 5.75 Å². The Bertz CT molecular complexity index is 893. The van der Waals surface area contributed by atoms with E-state index in [-0.39, 0.29) is 11.3 Å². The number of alkyl halides is 5. The Kier molecular flexibility index (Phi) is 6.27. The molecule has 11 heteroatoms. The van der Waals surface area contributed by atoms with Crippen molar-refractivity contribution in [2.45, 2.75) is 19.3 Å². The van der Waals surface area contributed by atoms with Gasteiger partial charge in [0.1, 0.15) is 12.3 Å². The van der Waals surface area contributed by atoms with Crippen LogP contribution in [0.5, 0.6) is 5.75 Å². The number of hydrogen-bond donors (Lipinski definition) is 1. The van der Waals surface area contributed by atoms with Crippen LogP contribution in [0.15, 0.2) is 52.5 Å². The standard InChI is InChI=1S/C16H12F5N3O3/c17-15(18)27-12-4-2-1-3-10(12)7-22-23-13(25)9-24-8-11(16(19,20)21)5-6-14(24)26/h1-8,15H,9H2,(H,23,25). The third kappa shape index (κ3) is 5.90. The Morgan fingerprint density at radius 1 is 1.22 bits per heavy atom. The van der Waals surface area contributed by atoms with Crippen molar-refractivity contribution >= 4 is 12.1 Å². The summed E-state index contributed by atoms with van der Waals surface area (Å²) in [5.41, 5.74) is 0.232. The van der Waals surface area contributed by atoms with E-state index in [0.717, 1.165) is 6.21 Å². The van der Waals surface area contributed by atoms with Crippen molar-refractivity contribution in [2.75, 3.05) is 0 Å². The van der Waals surface area contributed by atoms with Crippen LogP contribution >= 0.6 is 0 Å². The lowest BCUT2D eigenvalue weighted by molar-refractivity contribution is -0.138. The number of nitrogens with one attached hydrogen (secondary N) is 1. The van der Waals surface area contributed by atoms with Crippen molar-refractivity contribution in [1.29, 1.82) is 0 Å². The molecule has 1 N–H and O–H groups in total. The minimum atomic E-state index is -4.67. The van der Waals surface area contributed by atoms with Gasteiger partial charge >= 0.3 is 12.8 Å². The first-order chi connectivity index (χ1) is 12.7. The highest BCUT2D eigenvalue weighted by Crippen LogP contribution is 2.27. The lowest BCUT2D eigenvalue weighted by Crippen LogP contribution is -2.30. The van der Waals surface area contributed by atoms with Gasteiger partial charge in [0, 0.05) is 17.8 Å². The molecular weight excluding hydrogens is 377 g/mol. The summed E-state index contributed by atoms with van der Waals surface area (Å²) in [6.07, 6.45) is -3.14. The Morgan fingerprint density at radius 3 is 2.59 bits per heavy atom. The number of para-hydroxylation sites is 1. The number of aromatic nitrogens is 1. The summed E-state index contributed by atoms with van der Waals surface area (Å²) in [6.45, 7) is -3.77. The molecule has 27 heavy (non-hydrogen) atoms. The minimum Gasteiger partial charge on any atom is -0.434 e. The lowest BCUT2D eigenvalue weighted by Gasteiger charge is -2.10. The molecule has 0 saturated carbocycles. The molecule has 6 nitrogen and oxygen atoms in total. The molecule has 0 aliphatic rings. The Hall–Kier alpha value is -3.24. The molecule has 1 aromatic heterocycles. The summed E-state index contributed by atoms with van der Waals surface area (Å²) >= 11 is 0. The van der Waals surface area contributed by atoms with Crippen LogP contribution in [0.2, 0.25) is 0 Å². The van der Waals surface area contributed by atoms with E-state index < -0.39 is 36.4 Å². The predicted molar refractivity (Wildman–Crippen MR) is 84.5 cm³/mol. The quantitative estimate of drug-likeness (QED) is 0.469. The van der Waals surface area contributed by atoms with Gasteiger partial charge in [-0.15, -0.1) is 0 Å². The van der Waals surface area contributed by atoms with Crippen LogP contribution in [0.1, 0.15) is 11.1 Å². The van der Waals surface area contributed by atoms with Crippen LogP contribution in [-0.4, -0.2) is 23.3 Å². The van der Waals surface area contributed by atoms with E-state index in [1.165, 1.54) is 24.3 Å². The number of ether oxygens (including phenoxy) is 1. The minimum absolute atomic E-state index is 0.134. The molecule has 0 unspecified atom stereocenters. The van der Waals surface area contributed by atoms with Crippen LogP contribution in [0.25, 0.3) is 0 Å². The highest BCUT2D eigenvalue weighted by atomic mass is 19.4. The second-order valence-electron chi connectivity index (χ2n) is 5.09. The second-order valence-corrected chi connectivity index (χ2v) is 5.09. The van der Waals surface area contributed by atoms with Gasteiger partial charge in [0.25, 0.3) is 11.5 Å². The number of rotatable bonds is 6. The van der Waals surface area contributed by atoms with Crippen molar-refractivity contribution in [3.05, 3.63) is 64.1 Å². The SMILES string of the molecule is O=C(Cn1cc(C(F)(F)F)ccc1=O)NN=Cc1ccccc1OC(F)F. The largest absolute Gasteiger partial charge is 0.434 e. The molecule has 0 aliphatic carbocycles. The first kappa shape index (κ1) is 20.1. The fraction of sp³-hybridized carbons (Fsp3) is 0.188. The number of nitrogens with zero attached hydrogens (tertiary/aromatic N) is 2. The monoisotopic (exact) mass is 389 g/mol. The van der Waals surface area contributed by atoms with Crippen molar-refractivity contribution < 1.29 is 31.5 Å². The molecule has 0 spiro atoms. The van der Waals surface area contributed by atoms with Crippen LogP contribution in [0, 0.1) is 0 Å². The summed E-state index contributed by atoms with van der Waals surface area (Å²) in [5.74, 6) is -1.07. The lowest BCUT2D eigenvalue weighted by atomic mass is 10.2. The average molecular weight is 389 g/mol. The van der Waals surface area contributed by atoms with Crippen LogP contribution in [0.4, 0.5) is 22.0 Å². The average Bonchev–Trinajstić information content (AvgIpc) is 2.57. The van der Waals surface area contributed by atoms with Gasteiger partial charge in [0.2, 0.25) is 0 Å². The van der Waals surface area contributed by atoms with Gasteiger partial charge in [-0.05, 0) is 18.2 Å². The summed E-state index contributed by atoms with van der Waals surface area (Å²) in [6, 6.07) is 6.92. The zero-order valence-electron chi connectivity index (χ0n) is 13.4. The number of halogens is 5. The normalized spacial score (nSPS) is 11.8. The zero-order valence-corrected chi connectivity index (χ0v) is 13.4. The van der Waals surface area contributed by atoms with Gasteiger partial charge in [0.05, 0.1) is 11.8 Å². The van der Waals surface area contributed by atoms with Crippen LogP contribution in [0.3, 0.4) is 0 Å². The van der Waals surface area contributed by atoms with Gasteiger partial charge in [-0.3, -0.25) is 9.59 Å². The highest BCUT2D eigenvalue weighted by molar-refractivity contribution is 5.85. The maximum atomic E-state index is 12.7. The molecule has 1 heterocycles. The molecule has 144 valence electrons. The first-order valence-corrected chi connectivity index (χ1v) is 7.30. The number of benzene rings is 1. The third-order valence-corrected chi connectivity index (χ3v) is 3.15. The van der Waals surface area contributed by atoms with E-state index in [9.17, 15) is 31.5 Å². The molecule has 1 aromatic carbocycles. The molecule has 0 aliphatic heterocycles. The summed E-state index contributed by atoms with van der Waals surface area (Å²) in [7, 11) is 0. The molecule has 0 saturated heterocycles. The van der Waals surface area contributed by atoms with Crippen LogP contribution < -0.4 is 15.7 Å². The Balaban J connectivity index is 2.05. The molecule has 0 radical (unpaired) electrons. The molecule has 1 amide bonds. The first-order valence-electron chi connectivity index (χ1n) is 7.30. The van der Waals surface area contributed by atoms with Gasteiger partial charge in [0.15, 0.2) is 0 Å². The molecule has 2 rings (SSSR count). The number of pyridine rings is 1. The number of hydrogen-bond acceptors (Lipinski definition) is 4. The summed E-state index contributed by atoms with van der Waals surface area (Å²) < 4.78 is 67.4. The van der Waals surface area contributed by atoms with Gasteiger partial charge in [-0.1, -0.05) is 12.1 Å². The number of carbonyl (C=O) groups excluding carboxylic acids is 1. The summed E-state index contributed by atoms with van der Waals surface area (Å²) in [5, 5.41) is 3.52. The molecule has 2 aromatic rings. The Labute approximate surface area is 148 Å². The predicted octanol–water partition coefficient (Wildman–Crippen LogP) is 2.62. The van der Waals surface area contributed by atoms with Gasteiger partial charge < -0.3 is 9.30 Å². The second kappa shape index (κ2) is 8.43. The topological polar surface area (TPSA) is 72.7 Å². The highest BCUT2D eigenvalue weighted by Gasteiger charge is 2.31. The fourth-order valence-electron chi connectivity index (χ4n) is 1.98. The van der Waals surface area contributed by atoms with E-state index in [2.05, 4.69) is 9.84 Å². The van der Waals surface area contributed by atoms with E-state index in [1.54, 1.807) is 0 Å². The van der Waals surface area contributed by atoms with E-state index in [1.807, 2.05) is 5.43 Å². The maximum absolute atomic E-state index is 12.7. The smallest absolute Gasteiger partial charge is 0.417 e. The van der Waals surface area contributed by atoms with Crippen molar-refractivity contribution in [3.63, 3.8) is 0 Å². The Morgan fingerprint density at radius 2 is 1.93 bits per heavy atom. The third-order valence-electron chi connectivity index (χ3n) is 3.15. The summed E-state index contributed by atoms with van der Waals surface area (Å²) in [4.78, 5) is 23.3.